The first-order valence-electron chi connectivity index (χ1n) is 4.78. The molecule has 0 aliphatic carbocycles. The molecule has 0 fully saturated rings. The molecule has 96 valence electrons. The number of sulfone groups is 1. The van der Waals surface area contributed by atoms with Gasteiger partial charge in [-0.2, -0.15) is 0 Å². The number of aliphatic hydroxyl groups is 1. The number of alkyl halides is 1. The van der Waals surface area contributed by atoms with Gasteiger partial charge in [0.05, 0.1) is 0 Å². The molecule has 2 atom stereocenters. The molecule has 0 heterocycles. The second-order valence-electron chi connectivity index (χ2n) is 3.41. The molecule has 1 N–H and O–H groups in total. The average molecular weight is 409 g/mol. The first-order chi connectivity index (χ1) is 7.79. The van der Waals surface area contributed by atoms with Crippen molar-refractivity contribution in [3.05, 3.63) is 33.8 Å². The fraction of sp³-hybridized carbons (Fsp3) is 0.400. The van der Waals surface area contributed by atoms with Gasteiger partial charge in [0.1, 0.15) is 9.36 Å². The standard InChI is InChI=1S/C10H11Cl2IO3S/c1-2-17(15,16)10(13)9(14)7-4-3-6(11)5-8(7)12/h3-5,9-10,14H,2H2,1H3/t9-,10+/m0/s1. The summed E-state index contributed by atoms with van der Waals surface area (Å²) in [7, 11) is -3.33. The molecule has 7 heteroatoms. The van der Waals surface area contributed by atoms with Crippen LogP contribution in [0.2, 0.25) is 10.0 Å². The predicted octanol–water partition coefficient (Wildman–Crippen LogP) is 3.22. The Morgan fingerprint density at radius 1 is 1.41 bits per heavy atom. The molecule has 0 aliphatic rings. The van der Waals surface area contributed by atoms with Crippen LogP contribution in [0.3, 0.4) is 0 Å². The number of hydrogen-bond acceptors (Lipinski definition) is 3. The Morgan fingerprint density at radius 2 is 2.00 bits per heavy atom. The van der Waals surface area contributed by atoms with Crippen molar-refractivity contribution in [2.45, 2.75) is 16.3 Å². The lowest BCUT2D eigenvalue weighted by molar-refractivity contribution is 0.197. The molecule has 3 nitrogen and oxygen atoms in total. The Balaban J connectivity index is 3.09. The SMILES string of the molecule is CCS(=O)(=O)[C@@H](I)[C@@H](O)c1ccc(Cl)cc1Cl. The van der Waals surface area contributed by atoms with Crippen LogP contribution in [0, 0.1) is 0 Å². The summed E-state index contributed by atoms with van der Waals surface area (Å²) >= 11 is 13.4. The maximum absolute atomic E-state index is 11.7. The molecule has 0 unspecified atom stereocenters. The lowest BCUT2D eigenvalue weighted by Crippen LogP contribution is -2.24. The molecule has 17 heavy (non-hydrogen) atoms. The summed E-state index contributed by atoms with van der Waals surface area (Å²) in [6, 6.07) is 4.57. The normalized spacial score (nSPS) is 15.6. The van der Waals surface area contributed by atoms with Crippen molar-refractivity contribution in [3.63, 3.8) is 0 Å². The smallest absolute Gasteiger partial charge is 0.164 e. The molecule has 0 saturated carbocycles. The fourth-order valence-corrected chi connectivity index (χ4v) is 4.08. The van der Waals surface area contributed by atoms with Crippen LogP contribution >= 0.6 is 45.8 Å². The summed E-state index contributed by atoms with van der Waals surface area (Å²) in [5.41, 5.74) is 0.368. The second-order valence-corrected chi connectivity index (χ2v) is 8.86. The molecule has 0 amide bonds. The monoisotopic (exact) mass is 408 g/mol. The maximum atomic E-state index is 11.7. The molecule has 0 aliphatic heterocycles. The Labute approximate surface area is 124 Å². The molecule has 0 saturated heterocycles. The number of aliphatic hydroxyl groups excluding tert-OH is 1. The summed E-state index contributed by atoms with van der Waals surface area (Å²) < 4.78 is 22.4. The van der Waals surface area contributed by atoms with Crippen LogP contribution in [0.5, 0.6) is 0 Å². The van der Waals surface area contributed by atoms with Crippen LogP contribution in [-0.2, 0) is 9.84 Å². The van der Waals surface area contributed by atoms with Crippen LogP contribution in [0.1, 0.15) is 18.6 Å². The highest BCUT2D eigenvalue weighted by molar-refractivity contribution is 14.1. The van der Waals surface area contributed by atoms with Crippen LogP contribution in [0.15, 0.2) is 18.2 Å². The third-order valence-electron chi connectivity index (χ3n) is 2.27. The summed E-state index contributed by atoms with van der Waals surface area (Å²) in [6.45, 7) is 1.54. The van der Waals surface area contributed by atoms with Crippen molar-refractivity contribution >= 4 is 55.6 Å². The van der Waals surface area contributed by atoms with Crippen LogP contribution in [0.25, 0.3) is 0 Å². The average Bonchev–Trinajstić information content (AvgIpc) is 2.27. The van der Waals surface area contributed by atoms with Crippen molar-refractivity contribution in [2.75, 3.05) is 5.75 Å². The van der Waals surface area contributed by atoms with E-state index in [0.717, 1.165) is 0 Å². The highest BCUT2D eigenvalue weighted by Gasteiger charge is 2.30. The number of rotatable bonds is 4. The quantitative estimate of drug-likeness (QED) is 0.614. The summed E-state index contributed by atoms with van der Waals surface area (Å²) in [5.74, 6) is -0.0249. The van der Waals surface area contributed by atoms with E-state index in [1.165, 1.54) is 19.1 Å². The van der Waals surface area contributed by atoms with E-state index >= 15 is 0 Å². The lowest BCUT2D eigenvalue weighted by atomic mass is 10.1. The van der Waals surface area contributed by atoms with Gasteiger partial charge in [-0.15, -0.1) is 0 Å². The molecule has 0 bridgehead atoms. The fourth-order valence-electron chi connectivity index (χ4n) is 1.24. The van der Waals surface area contributed by atoms with Gasteiger partial charge < -0.3 is 5.11 Å². The van der Waals surface area contributed by atoms with Gasteiger partial charge >= 0.3 is 0 Å². The van der Waals surface area contributed by atoms with Gasteiger partial charge in [0.15, 0.2) is 9.84 Å². The molecular formula is C10H11Cl2IO3S. The van der Waals surface area contributed by atoms with Crippen molar-refractivity contribution < 1.29 is 13.5 Å². The van der Waals surface area contributed by atoms with Crippen LogP contribution in [-0.4, -0.2) is 22.5 Å². The lowest BCUT2D eigenvalue weighted by Gasteiger charge is -2.18. The van der Waals surface area contributed by atoms with Gasteiger partial charge in [-0.05, 0) is 12.1 Å². The minimum atomic E-state index is -3.33. The Morgan fingerprint density at radius 3 is 2.47 bits per heavy atom. The van der Waals surface area contributed by atoms with E-state index in [9.17, 15) is 13.5 Å². The topological polar surface area (TPSA) is 54.4 Å². The van der Waals surface area contributed by atoms with Gasteiger partial charge in [0.2, 0.25) is 0 Å². The minimum absolute atomic E-state index is 0.0249. The summed E-state index contributed by atoms with van der Waals surface area (Å²) in [4.78, 5) is 0. The summed E-state index contributed by atoms with van der Waals surface area (Å²) in [5, 5.41) is 10.7. The van der Waals surface area contributed by atoms with Crippen molar-refractivity contribution in [1.29, 1.82) is 0 Å². The maximum Gasteiger partial charge on any atom is 0.164 e. The van der Waals surface area contributed by atoms with Gasteiger partial charge in [0, 0.05) is 21.4 Å². The van der Waals surface area contributed by atoms with Crippen molar-refractivity contribution in [3.8, 4) is 0 Å². The van der Waals surface area contributed by atoms with E-state index < -0.39 is 19.2 Å². The molecule has 1 rings (SSSR count). The van der Waals surface area contributed by atoms with E-state index in [-0.39, 0.29) is 10.8 Å². The van der Waals surface area contributed by atoms with E-state index in [1.54, 1.807) is 28.7 Å². The van der Waals surface area contributed by atoms with E-state index in [0.29, 0.717) is 10.6 Å². The predicted molar refractivity (Wildman–Crippen MR) is 78.7 cm³/mol. The van der Waals surface area contributed by atoms with Gasteiger partial charge in [-0.3, -0.25) is 0 Å². The van der Waals surface area contributed by atoms with Crippen LogP contribution < -0.4 is 0 Å². The van der Waals surface area contributed by atoms with E-state index in [4.69, 9.17) is 23.2 Å². The van der Waals surface area contributed by atoms with E-state index in [2.05, 4.69) is 0 Å². The summed E-state index contributed by atoms with van der Waals surface area (Å²) in [6.07, 6.45) is -1.16. The number of benzene rings is 1. The Kier molecular flexibility index (Phi) is 5.52. The molecule has 0 spiro atoms. The van der Waals surface area contributed by atoms with Crippen molar-refractivity contribution in [1.82, 2.24) is 0 Å². The molecular weight excluding hydrogens is 398 g/mol. The zero-order valence-electron chi connectivity index (χ0n) is 8.90. The highest BCUT2D eigenvalue weighted by atomic mass is 127. The molecule has 1 aromatic carbocycles. The van der Waals surface area contributed by atoms with Crippen molar-refractivity contribution in [2.24, 2.45) is 0 Å². The third kappa shape index (κ3) is 3.70. The zero-order chi connectivity index (χ0) is 13.2. The first kappa shape index (κ1) is 15.5. The minimum Gasteiger partial charge on any atom is -0.386 e. The third-order valence-corrected chi connectivity index (χ3v) is 7.59. The zero-order valence-corrected chi connectivity index (χ0v) is 13.4. The molecule has 0 aromatic heterocycles. The van der Waals surface area contributed by atoms with Gasteiger partial charge in [0.25, 0.3) is 0 Å². The Hall–Kier alpha value is 0.440. The van der Waals surface area contributed by atoms with E-state index in [1.807, 2.05) is 0 Å². The Bertz CT molecular complexity index is 504. The first-order valence-corrected chi connectivity index (χ1v) is 8.50. The van der Waals surface area contributed by atoms with Crippen LogP contribution in [0.4, 0.5) is 0 Å². The van der Waals surface area contributed by atoms with Gasteiger partial charge in [-0.1, -0.05) is 58.8 Å². The number of hydrogen-bond donors (Lipinski definition) is 1. The largest absolute Gasteiger partial charge is 0.386 e. The number of halogens is 3. The van der Waals surface area contributed by atoms with Gasteiger partial charge in [-0.25, -0.2) is 8.42 Å². The second kappa shape index (κ2) is 6.06. The highest BCUT2D eigenvalue weighted by Crippen LogP contribution is 2.33. The molecule has 1 aromatic rings. The molecule has 0 radical (unpaired) electrons.